The third-order valence-corrected chi connectivity index (χ3v) is 7.59. The second-order valence-electron chi connectivity index (χ2n) is 8.20. The lowest BCUT2D eigenvalue weighted by molar-refractivity contribution is -0.116. The molecule has 9 heteroatoms. The van der Waals surface area contributed by atoms with Gasteiger partial charge in [-0.25, -0.2) is 13.6 Å². The summed E-state index contributed by atoms with van der Waals surface area (Å²) in [5.74, 6) is -0.374. The van der Waals surface area contributed by atoms with Crippen LogP contribution in [0.2, 0.25) is 0 Å². The zero-order valence-electron chi connectivity index (χ0n) is 19.7. The molecule has 0 saturated heterocycles. The topological polar surface area (TPSA) is 118 Å². The Morgan fingerprint density at radius 3 is 1.86 bits per heavy atom. The SMILES string of the molecule is NS(=O)(=O)c1ccc(NC(=O)C(Sc2ccc(NC(=O)Cc3ccccc3)cc2)c2ccccc2)cc1. The number of anilines is 2. The lowest BCUT2D eigenvalue weighted by atomic mass is 10.1. The molecule has 4 aromatic carbocycles. The van der Waals surface area contributed by atoms with Crippen molar-refractivity contribution in [2.45, 2.75) is 21.5 Å². The standard InChI is InChI=1S/C28H25N3O4S2/c29-37(34,35)25-17-13-23(14-18-25)31-28(33)27(21-9-5-2-6-10-21)36-24-15-11-22(12-16-24)30-26(32)19-20-7-3-1-4-8-20/h1-18,27H,19H2,(H,30,32)(H,31,33)(H2,29,34,35). The predicted octanol–water partition coefficient (Wildman–Crippen LogP) is 4.99. The van der Waals surface area contributed by atoms with Crippen LogP contribution < -0.4 is 15.8 Å². The Labute approximate surface area is 220 Å². The summed E-state index contributed by atoms with van der Waals surface area (Å²) < 4.78 is 23.0. The molecule has 1 unspecified atom stereocenters. The van der Waals surface area contributed by atoms with Crippen molar-refractivity contribution in [3.8, 4) is 0 Å². The molecule has 0 aromatic heterocycles. The van der Waals surface area contributed by atoms with Gasteiger partial charge in [0.25, 0.3) is 0 Å². The molecule has 0 aliphatic carbocycles. The van der Waals surface area contributed by atoms with Gasteiger partial charge in [0.05, 0.1) is 11.3 Å². The molecule has 7 nitrogen and oxygen atoms in total. The summed E-state index contributed by atoms with van der Waals surface area (Å²) in [6.45, 7) is 0. The van der Waals surface area contributed by atoms with Crippen LogP contribution in [-0.4, -0.2) is 20.2 Å². The summed E-state index contributed by atoms with van der Waals surface area (Å²) in [5.41, 5.74) is 2.87. The van der Waals surface area contributed by atoms with Crippen LogP contribution >= 0.6 is 11.8 Å². The van der Waals surface area contributed by atoms with Crippen LogP contribution in [0.25, 0.3) is 0 Å². The fraction of sp³-hybridized carbons (Fsp3) is 0.0714. The average Bonchev–Trinajstić information content (AvgIpc) is 2.89. The van der Waals surface area contributed by atoms with Gasteiger partial charge >= 0.3 is 0 Å². The fourth-order valence-electron chi connectivity index (χ4n) is 3.58. The largest absolute Gasteiger partial charge is 0.326 e. The number of nitrogens with one attached hydrogen (secondary N) is 2. The molecule has 0 bridgehead atoms. The van der Waals surface area contributed by atoms with Gasteiger partial charge in [0.1, 0.15) is 5.25 Å². The summed E-state index contributed by atoms with van der Waals surface area (Å²) in [4.78, 5) is 26.4. The van der Waals surface area contributed by atoms with Gasteiger partial charge in [-0.3, -0.25) is 9.59 Å². The maximum Gasteiger partial charge on any atom is 0.242 e. The molecule has 0 aliphatic rings. The van der Waals surface area contributed by atoms with Crippen molar-refractivity contribution in [2.75, 3.05) is 10.6 Å². The molecular weight excluding hydrogens is 506 g/mol. The molecule has 2 amide bonds. The van der Waals surface area contributed by atoms with Crippen LogP contribution in [0.5, 0.6) is 0 Å². The molecule has 4 rings (SSSR count). The smallest absolute Gasteiger partial charge is 0.242 e. The van der Waals surface area contributed by atoms with Crippen molar-refractivity contribution in [1.29, 1.82) is 0 Å². The lowest BCUT2D eigenvalue weighted by Gasteiger charge is -2.17. The third kappa shape index (κ3) is 7.53. The van der Waals surface area contributed by atoms with E-state index in [1.807, 2.05) is 72.8 Å². The molecule has 0 fully saturated rings. The highest BCUT2D eigenvalue weighted by molar-refractivity contribution is 8.00. The number of amides is 2. The van der Waals surface area contributed by atoms with Gasteiger partial charge in [-0.15, -0.1) is 11.8 Å². The zero-order chi connectivity index (χ0) is 26.3. The number of rotatable bonds is 9. The Hall–Kier alpha value is -3.92. The molecule has 0 saturated carbocycles. The van der Waals surface area contributed by atoms with Gasteiger partial charge in [-0.05, 0) is 59.7 Å². The molecule has 0 aliphatic heterocycles. The summed E-state index contributed by atoms with van der Waals surface area (Å²) in [5, 5.41) is 10.3. The van der Waals surface area contributed by atoms with E-state index in [1.54, 1.807) is 12.1 Å². The van der Waals surface area contributed by atoms with E-state index in [2.05, 4.69) is 10.6 Å². The quantitative estimate of drug-likeness (QED) is 0.263. The highest BCUT2D eigenvalue weighted by atomic mass is 32.2. The summed E-state index contributed by atoms with van der Waals surface area (Å²) >= 11 is 1.37. The van der Waals surface area contributed by atoms with Crippen LogP contribution in [0.15, 0.2) is 119 Å². The van der Waals surface area contributed by atoms with Crippen molar-refractivity contribution >= 4 is 45.0 Å². The first-order chi connectivity index (χ1) is 17.8. The predicted molar refractivity (Wildman–Crippen MR) is 147 cm³/mol. The van der Waals surface area contributed by atoms with Crippen LogP contribution in [0, 0.1) is 0 Å². The number of carbonyl (C=O) groups excluding carboxylic acids is 2. The van der Waals surface area contributed by atoms with E-state index < -0.39 is 15.3 Å². The number of carbonyl (C=O) groups is 2. The number of thioether (sulfide) groups is 1. The Balaban J connectivity index is 1.45. The normalized spacial score (nSPS) is 11.9. The second kappa shape index (κ2) is 11.9. The van der Waals surface area contributed by atoms with E-state index in [0.29, 0.717) is 11.4 Å². The molecule has 0 spiro atoms. The second-order valence-corrected chi connectivity index (χ2v) is 10.9. The zero-order valence-corrected chi connectivity index (χ0v) is 21.3. The lowest BCUT2D eigenvalue weighted by Crippen LogP contribution is -2.19. The van der Waals surface area contributed by atoms with Gasteiger partial charge in [0.2, 0.25) is 21.8 Å². The van der Waals surface area contributed by atoms with Crippen LogP contribution in [-0.2, 0) is 26.0 Å². The maximum atomic E-state index is 13.3. The van der Waals surface area contributed by atoms with E-state index in [0.717, 1.165) is 16.0 Å². The fourth-order valence-corrected chi connectivity index (χ4v) is 5.12. The number of hydrogen-bond donors (Lipinski definition) is 3. The van der Waals surface area contributed by atoms with Crippen molar-refractivity contribution in [3.63, 3.8) is 0 Å². The van der Waals surface area contributed by atoms with E-state index >= 15 is 0 Å². The first-order valence-corrected chi connectivity index (χ1v) is 13.8. The Bertz CT molecular complexity index is 1460. The summed E-state index contributed by atoms with van der Waals surface area (Å²) in [6, 6.07) is 31.9. The van der Waals surface area contributed by atoms with Crippen LogP contribution in [0.1, 0.15) is 16.4 Å². The van der Waals surface area contributed by atoms with E-state index in [9.17, 15) is 18.0 Å². The van der Waals surface area contributed by atoms with Gasteiger partial charge in [-0.2, -0.15) is 0 Å². The van der Waals surface area contributed by atoms with Crippen LogP contribution in [0.4, 0.5) is 11.4 Å². The van der Waals surface area contributed by atoms with Crippen LogP contribution in [0.3, 0.4) is 0 Å². The molecule has 4 aromatic rings. The van der Waals surface area contributed by atoms with Crippen molar-refractivity contribution in [2.24, 2.45) is 5.14 Å². The summed E-state index contributed by atoms with van der Waals surface area (Å²) in [7, 11) is -3.82. The van der Waals surface area contributed by atoms with Gasteiger partial charge in [-0.1, -0.05) is 60.7 Å². The first-order valence-electron chi connectivity index (χ1n) is 11.4. The molecular formula is C28H25N3O4S2. The first kappa shape index (κ1) is 26.2. The van der Waals surface area contributed by atoms with Crippen molar-refractivity contribution < 1.29 is 18.0 Å². The number of nitrogens with two attached hydrogens (primary N) is 1. The Morgan fingerprint density at radius 2 is 1.27 bits per heavy atom. The average molecular weight is 532 g/mol. The molecule has 0 heterocycles. The Kier molecular flexibility index (Phi) is 8.39. The highest BCUT2D eigenvalue weighted by Gasteiger charge is 2.22. The minimum absolute atomic E-state index is 0.0320. The molecule has 188 valence electrons. The van der Waals surface area contributed by atoms with E-state index in [4.69, 9.17) is 5.14 Å². The summed E-state index contributed by atoms with van der Waals surface area (Å²) in [6.07, 6.45) is 0.284. The minimum atomic E-state index is -3.82. The van der Waals surface area contributed by atoms with E-state index in [1.165, 1.54) is 36.0 Å². The molecule has 1 atom stereocenters. The maximum absolute atomic E-state index is 13.3. The number of primary sulfonamides is 1. The molecule has 37 heavy (non-hydrogen) atoms. The van der Waals surface area contributed by atoms with Gasteiger partial charge < -0.3 is 10.6 Å². The molecule has 0 radical (unpaired) electrons. The van der Waals surface area contributed by atoms with Gasteiger partial charge in [0, 0.05) is 16.3 Å². The third-order valence-electron chi connectivity index (χ3n) is 5.39. The number of sulfonamides is 1. The highest BCUT2D eigenvalue weighted by Crippen LogP contribution is 2.36. The monoisotopic (exact) mass is 531 g/mol. The van der Waals surface area contributed by atoms with E-state index in [-0.39, 0.29) is 23.1 Å². The van der Waals surface area contributed by atoms with Crippen molar-refractivity contribution in [3.05, 3.63) is 120 Å². The number of hydrogen-bond acceptors (Lipinski definition) is 5. The number of benzene rings is 4. The Morgan fingerprint density at radius 1 is 0.730 bits per heavy atom. The molecule has 4 N–H and O–H groups in total. The van der Waals surface area contributed by atoms with Crippen molar-refractivity contribution in [1.82, 2.24) is 0 Å². The van der Waals surface area contributed by atoms with Gasteiger partial charge in [0.15, 0.2) is 0 Å². The minimum Gasteiger partial charge on any atom is -0.326 e.